The molecule has 0 bridgehead atoms. The third-order valence-corrected chi connectivity index (χ3v) is 3.61. The number of alkyl halides is 3. The van der Waals surface area contributed by atoms with E-state index >= 15 is 0 Å². The number of rotatable bonds is 5. The summed E-state index contributed by atoms with van der Waals surface area (Å²) in [5.74, 6) is -1.92. The van der Waals surface area contributed by atoms with E-state index in [1.165, 1.54) is 30.4 Å². The van der Waals surface area contributed by atoms with Gasteiger partial charge in [-0.05, 0) is 41.5 Å². The van der Waals surface area contributed by atoms with E-state index in [2.05, 4.69) is 11.9 Å². The minimum atomic E-state index is -4.53. The molecule has 132 valence electrons. The van der Waals surface area contributed by atoms with Gasteiger partial charge in [-0.2, -0.15) is 13.2 Å². The average molecular weight is 374 g/mol. The van der Waals surface area contributed by atoms with Crippen molar-refractivity contribution < 1.29 is 22.0 Å². The van der Waals surface area contributed by atoms with Crippen LogP contribution in [0.25, 0.3) is 6.08 Å². The molecule has 0 aliphatic heterocycles. The Kier molecular flexibility index (Phi) is 5.85. The van der Waals surface area contributed by atoms with Gasteiger partial charge < -0.3 is 5.32 Å². The first kappa shape index (κ1) is 19.0. The summed E-state index contributed by atoms with van der Waals surface area (Å²) in [5.41, 5.74) is 0.288. The van der Waals surface area contributed by atoms with Gasteiger partial charge in [-0.3, -0.25) is 0 Å². The van der Waals surface area contributed by atoms with Gasteiger partial charge in [0.25, 0.3) is 0 Å². The van der Waals surface area contributed by atoms with Crippen LogP contribution in [0.2, 0.25) is 5.02 Å². The van der Waals surface area contributed by atoms with E-state index in [-0.39, 0.29) is 11.6 Å². The van der Waals surface area contributed by atoms with Crippen molar-refractivity contribution in [3.8, 4) is 0 Å². The van der Waals surface area contributed by atoms with Crippen LogP contribution in [-0.2, 0) is 12.7 Å². The topological polar surface area (TPSA) is 12.0 Å². The second-order valence-electron chi connectivity index (χ2n) is 5.20. The molecule has 2 aromatic rings. The number of nitrogens with one attached hydrogen (secondary N) is 1. The maximum absolute atomic E-state index is 13.1. The zero-order chi connectivity index (χ0) is 18.6. The quantitative estimate of drug-likeness (QED) is 0.504. The summed E-state index contributed by atoms with van der Waals surface area (Å²) in [6.07, 6.45) is -1.52. The number of hydrogen-bond donors (Lipinski definition) is 1. The minimum Gasteiger partial charge on any atom is -0.381 e. The van der Waals surface area contributed by atoms with Gasteiger partial charge in [-0.1, -0.05) is 36.4 Å². The second-order valence-corrected chi connectivity index (χ2v) is 5.60. The Morgan fingerprint density at radius 1 is 1.08 bits per heavy atom. The van der Waals surface area contributed by atoms with E-state index in [4.69, 9.17) is 11.6 Å². The van der Waals surface area contributed by atoms with Crippen LogP contribution in [0.4, 0.5) is 22.0 Å². The second kappa shape index (κ2) is 7.70. The fourth-order valence-corrected chi connectivity index (χ4v) is 2.21. The van der Waals surface area contributed by atoms with Crippen molar-refractivity contribution in [2.24, 2.45) is 0 Å². The molecule has 1 N–H and O–H groups in total. The van der Waals surface area contributed by atoms with Crippen molar-refractivity contribution in [1.82, 2.24) is 5.32 Å². The monoisotopic (exact) mass is 373 g/mol. The van der Waals surface area contributed by atoms with Crippen molar-refractivity contribution in [2.45, 2.75) is 12.7 Å². The van der Waals surface area contributed by atoms with Gasteiger partial charge in [0.05, 0.1) is 10.6 Å². The van der Waals surface area contributed by atoms with Gasteiger partial charge >= 0.3 is 6.18 Å². The highest BCUT2D eigenvalue weighted by Gasteiger charge is 2.33. The molecule has 0 saturated carbocycles. The number of benzene rings is 2. The van der Waals surface area contributed by atoms with E-state index in [0.717, 1.165) is 18.2 Å². The Morgan fingerprint density at radius 2 is 1.80 bits per heavy atom. The SMILES string of the molecule is C=C(/C=C/c1ccc(F)c(F)c1)NCc1ccc(Cl)c(C(F)(F)F)c1. The van der Waals surface area contributed by atoms with Crippen LogP contribution in [0.3, 0.4) is 0 Å². The van der Waals surface area contributed by atoms with Gasteiger partial charge in [0.1, 0.15) is 0 Å². The fraction of sp³-hybridized carbons (Fsp3) is 0.111. The van der Waals surface area contributed by atoms with E-state index < -0.39 is 23.4 Å². The van der Waals surface area contributed by atoms with Crippen molar-refractivity contribution in [3.63, 3.8) is 0 Å². The highest BCUT2D eigenvalue weighted by Crippen LogP contribution is 2.35. The Balaban J connectivity index is 2.00. The summed E-state index contributed by atoms with van der Waals surface area (Å²) in [4.78, 5) is 0. The lowest BCUT2D eigenvalue weighted by molar-refractivity contribution is -0.137. The Bertz CT molecular complexity index is 812. The zero-order valence-corrected chi connectivity index (χ0v) is 13.6. The van der Waals surface area contributed by atoms with E-state index in [0.29, 0.717) is 16.8 Å². The predicted octanol–water partition coefficient (Wildman–Crippen LogP) is 5.95. The van der Waals surface area contributed by atoms with Gasteiger partial charge in [-0.25, -0.2) is 8.78 Å². The van der Waals surface area contributed by atoms with Crippen LogP contribution in [0.5, 0.6) is 0 Å². The van der Waals surface area contributed by atoms with Gasteiger partial charge in [-0.15, -0.1) is 0 Å². The van der Waals surface area contributed by atoms with Crippen LogP contribution in [0.1, 0.15) is 16.7 Å². The molecule has 1 nitrogen and oxygen atoms in total. The third kappa shape index (κ3) is 5.32. The molecule has 0 aliphatic rings. The molecule has 0 radical (unpaired) electrons. The van der Waals surface area contributed by atoms with Crippen LogP contribution in [0.15, 0.2) is 54.8 Å². The molecule has 0 heterocycles. The zero-order valence-electron chi connectivity index (χ0n) is 12.8. The van der Waals surface area contributed by atoms with Crippen molar-refractivity contribution in [1.29, 1.82) is 0 Å². The van der Waals surface area contributed by atoms with Gasteiger partial charge in [0, 0.05) is 12.2 Å². The molecule has 0 unspecified atom stereocenters. The van der Waals surface area contributed by atoms with Crippen LogP contribution < -0.4 is 5.32 Å². The summed E-state index contributed by atoms with van der Waals surface area (Å²) < 4.78 is 64.3. The van der Waals surface area contributed by atoms with Gasteiger partial charge in [0.15, 0.2) is 11.6 Å². The Hall–Kier alpha value is -2.34. The van der Waals surface area contributed by atoms with Crippen molar-refractivity contribution >= 4 is 17.7 Å². The molecule has 2 rings (SSSR count). The van der Waals surface area contributed by atoms with Gasteiger partial charge in [0.2, 0.25) is 0 Å². The van der Waals surface area contributed by atoms with Crippen LogP contribution in [-0.4, -0.2) is 0 Å². The molecule has 7 heteroatoms. The predicted molar refractivity (Wildman–Crippen MR) is 87.8 cm³/mol. The number of halogens is 6. The maximum Gasteiger partial charge on any atom is 0.417 e. The highest BCUT2D eigenvalue weighted by molar-refractivity contribution is 6.31. The van der Waals surface area contributed by atoms with E-state index in [1.54, 1.807) is 0 Å². The standard InChI is InChI=1S/C18H13ClF5N/c1-11(2-3-12-5-7-16(20)17(21)9-12)25-10-13-4-6-15(19)14(8-13)18(22,23)24/h2-9,25H,1,10H2/b3-2+. The van der Waals surface area contributed by atoms with E-state index in [1.807, 2.05) is 0 Å². The lowest BCUT2D eigenvalue weighted by atomic mass is 10.1. The average Bonchev–Trinajstić information content (AvgIpc) is 2.54. The summed E-state index contributed by atoms with van der Waals surface area (Å²) in [5, 5.41) is 2.47. The fourth-order valence-electron chi connectivity index (χ4n) is 1.99. The van der Waals surface area contributed by atoms with Crippen molar-refractivity contribution in [2.75, 3.05) is 0 Å². The molecule has 0 fully saturated rings. The molecule has 0 aliphatic carbocycles. The maximum atomic E-state index is 13.1. The normalized spacial score (nSPS) is 11.8. The molecule has 0 saturated heterocycles. The largest absolute Gasteiger partial charge is 0.417 e. The smallest absolute Gasteiger partial charge is 0.381 e. The summed E-state index contributed by atoms with van der Waals surface area (Å²) in [6.45, 7) is 3.80. The third-order valence-electron chi connectivity index (χ3n) is 3.28. The van der Waals surface area contributed by atoms with E-state index in [9.17, 15) is 22.0 Å². The molecule has 0 amide bonds. The lowest BCUT2D eigenvalue weighted by Crippen LogP contribution is -2.12. The summed E-state index contributed by atoms with van der Waals surface area (Å²) >= 11 is 5.56. The van der Waals surface area contributed by atoms with Crippen molar-refractivity contribution in [3.05, 3.63) is 88.1 Å². The lowest BCUT2D eigenvalue weighted by Gasteiger charge is -2.12. The molecular weight excluding hydrogens is 361 g/mol. The Morgan fingerprint density at radius 3 is 2.44 bits per heavy atom. The first-order chi connectivity index (χ1) is 11.7. The highest BCUT2D eigenvalue weighted by atomic mass is 35.5. The molecule has 2 aromatic carbocycles. The molecule has 0 atom stereocenters. The van der Waals surface area contributed by atoms with Crippen LogP contribution in [0, 0.1) is 11.6 Å². The first-order valence-electron chi connectivity index (χ1n) is 7.08. The Labute approximate surface area is 146 Å². The molecule has 25 heavy (non-hydrogen) atoms. The van der Waals surface area contributed by atoms with Crippen LogP contribution >= 0.6 is 11.6 Å². The number of allylic oxidation sites excluding steroid dienone is 1. The molecule has 0 aromatic heterocycles. The molecule has 0 spiro atoms. The minimum absolute atomic E-state index is 0.0984. The molecular formula is C18H13ClF5N. The first-order valence-corrected chi connectivity index (χ1v) is 7.46. The summed E-state index contributed by atoms with van der Waals surface area (Å²) in [6, 6.07) is 7.02. The summed E-state index contributed by atoms with van der Waals surface area (Å²) in [7, 11) is 0. The number of hydrogen-bond acceptors (Lipinski definition) is 1.